The van der Waals surface area contributed by atoms with Crippen molar-refractivity contribution in [2.24, 2.45) is 5.92 Å². The van der Waals surface area contributed by atoms with Crippen molar-refractivity contribution in [1.82, 2.24) is 4.90 Å². The maximum Gasteiger partial charge on any atom is 0.233 e. The molecule has 1 fully saturated rings. The van der Waals surface area contributed by atoms with Crippen LogP contribution in [0, 0.1) is 5.92 Å². The Balaban J connectivity index is 1.80. The minimum atomic E-state index is -0.535. The SMILES string of the molecule is COc1ccc(Cl)cc1C[C@@H]1CCC(=O)CN(C(=O)C[C@H](CO)c2ccccc2)C1=O. The summed E-state index contributed by atoms with van der Waals surface area (Å²) in [5.41, 5.74) is 1.57. The Morgan fingerprint density at radius 1 is 1.23 bits per heavy atom. The van der Waals surface area contributed by atoms with Gasteiger partial charge in [0.05, 0.1) is 20.3 Å². The predicted molar refractivity (Wildman–Crippen MR) is 117 cm³/mol. The number of benzene rings is 2. The van der Waals surface area contributed by atoms with Crippen molar-refractivity contribution < 1.29 is 24.2 Å². The Hall–Kier alpha value is -2.70. The maximum absolute atomic E-state index is 13.2. The van der Waals surface area contributed by atoms with E-state index in [9.17, 15) is 19.5 Å². The van der Waals surface area contributed by atoms with Gasteiger partial charge < -0.3 is 9.84 Å². The fraction of sp³-hybridized carbons (Fsp3) is 0.375. The first-order chi connectivity index (χ1) is 14.9. The Morgan fingerprint density at radius 2 is 1.97 bits per heavy atom. The van der Waals surface area contributed by atoms with Crippen LogP contribution in [0.2, 0.25) is 5.02 Å². The summed E-state index contributed by atoms with van der Waals surface area (Å²) in [5, 5.41) is 10.3. The standard InChI is InChI=1S/C24H26ClNO5/c1-31-22-10-8-20(25)12-18(22)11-17-7-9-21(28)14-26(24(17)30)23(29)13-19(15-27)16-5-3-2-4-6-16/h2-6,8,10,12,17,19,27H,7,9,11,13-15H2,1H3/t17-,19+/m0/s1. The van der Waals surface area contributed by atoms with E-state index in [2.05, 4.69) is 0 Å². The number of carbonyl (C=O) groups is 3. The van der Waals surface area contributed by atoms with Crippen molar-refractivity contribution in [1.29, 1.82) is 0 Å². The van der Waals surface area contributed by atoms with E-state index in [0.717, 1.165) is 16.0 Å². The number of aliphatic hydroxyl groups excluding tert-OH is 1. The lowest BCUT2D eigenvalue weighted by Gasteiger charge is -2.24. The summed E-state index contributed by atoms with van der Waals surface area (Å²) in [6, 6.07) is 14.4. The lowest BCUT2D eigenvalue weighted by atomic mass is 9.93. The number of Topliss-reactive ketones (excluding diaryl/α,β-unsaturated/α-hetero) is 1. The van der Waals surface area contributed by atoms with Crippen LogP contribution in [0.1, 0.15) is 36.3 Å². The molecule has 0 unspecified atom stereocenters. The molecule has 2 aromatic carbocycles. The summed E-state index contributed by atoms with van der Waals surface area (Å²) in [4.78, 5) is 39.6. The number of ketones is 1. The molecule has 164 valence electrons. The summed E-state index contributed by atoms with van der Waals surface area (Å²) in [6.07, 6.45) is 0.860. The monoisotopic (exact) mass is 443 g/mol. The highest BCUT2D eigenvalue weighted by Gasteiger charge is 2.35. The van der Waals surface area contributed by atoms with Gasteiger partial charge in [-0.2, -0.15) is 0 Å². The Kier molecular flexibility index (Phi) is 7.82. The lowest BCUT2D eigenvalue weighted by molar-refractivity contribution is -0.149. The zero-order valence-corrected chi connectivity index (χ0v) is 18.2. The summed E-state index contributed by atoms with van der Waals surface area (Å²) >= 11 is 6.11. The fourth-order valence-electron chi connectivity index (χ4n) is 3.92. The number of ether oxygens (including phenoxy) is 1. The van der Waals surface area contributed by atoms with Crippen LogP contribution in [-0.4, -0.2) is 47.9 Å². The normalized spacial score (nSPS) is 17.9. The number of hydrogen-bond acceptors (Lipinski definition) is 5. The van der Waals surface area contributed by atoms with Crippen molar-refractivity contribution in [3.63, 3.8) is 0 Å². The lowest BCUT2D eigenvalue weighted by Crippen LogP contribution is -2.42. The zero-order valence-electron chi connectivity index (χ0n) is 17.4. The topological polar surface area (TPSA) is 83.9 Å². The van der Waals surface area contributed by atoms with Gasteiger partial charge in [0.15, 0.2) is 5.78 Å². The van der Waals surface area contributed by atoms with Crippen molar-refractivity contribution in [3.8, 4) is 5.75 Å². The predicted octanol–water partition coefficient (Wildman–Crippen LogP) is 3.39. The van der Waals surface area contributed by atoms with Gasteiger partial charge in [-0.3, -0.25) is 19.3 Å². The van der Waals surface area contributed by atoms with Gasteiger partial charge in [0, 0.05) is 29.7 Å². The number of aliphatic hydroxyl groups is 1. The van der Waals surface area contributed by atoms with E-state index in [1.54, 1.807) is 25.3 Å². The average molecular weight is 444 g/mol. The van der Waals surface area contributed by atoms with Crippen LogP contribution in [0.15, 0.2) is 48.5 Å². The van der Waals surface area contributed by atoms with Crippen molar-refractivity contribution in [3.05, 3.63) is 64.7 Å². The van der Waals surface area contributed by atoms with Crippen molar-refractivity contribution in [2.75, 3.05) is 20.3 Å². The van der Waals surface area contributed by atoms with Crippen LogP contribution in [-0.2, 0) is 20.8 Å². The van der Waals surface area contributed by atoms with Crippen molar-refractivity contribution in [2.45, 2.75) is 31.6 Å². The molecule has 0 aromatic heterocycles. The second-order valence-corrected chi connectivity index (χ2v) is 8.18. The molecule has 2 atom stereocenters. The number of nitrogens with zero attached hydrogens (tertiary/aromatic N) is 1. The van der Waals surface area contributed by atoms with Crippen LogP contribution in [0.4, 0.5) is 0 Å². The van der Waals surface area contributed by atoms with E-state index >= 15 is 0 Å². The maximum atomic E-state index is 13.2. The summed E-state index contributed by atoms with van der Waals surface area (Å²) < 4.78 is 5.37. The first-order valence-electron chi connectivity index (χ1n) is 10.3. The molecule has 31 heavy (non-hydrogen) atoms. The second kappa shape index (κ2) is 10.6. The summed E-state index contributed by atoms with van der Waals surface area (Å²) in [6.45, 7) is -0.456. The molecule has 0 aliphatic carbocycles. The molecule has 1 heterocycles. The highest BCUT2D eigenvalue weighted by molar-refractivity contribution is 6.30. The van der Waals surface area contributed by atoms with E-state index in [1.807, 2.05) is 30.3 Å². The van der Waals surface area contributed by atoms with Gasteiger partial charge in [-0.05, 0) is 42.2 Å². The van der Waals surface area contributed by atoms with Crippen LogP contribution in [0.5, 0.6) is 5.75 Å². The van der Waals surface area contributed by atoms with Gasteiger partial charge in [-0.1, -0.05) is 41.9 Å². The number of imide groups is 1. The number of likely N-dealkylation sites (tertiary alicyclic amines) is 1. The van der Waals surface area contributed by atoms with Crippen LogP contribution < -0.4 is 4.74 Å². The third kappa shape index (κ3) is 5.71. The minimum absolute atomic E-state index is 0.0489. The molecule has 1 aliphatic heterocycles. The Bertz CT molecular complexity index is 946. The largest absolute Gasteiger partial charge is 0.496 e. The number of amides is 2. The third-order valence-corrected chi connectivity index (χ3v) is 5.88. The highest BCUT2D eigenvalue weighted by atomic mass is 35.5. The molecule has 1 N–H and O–H groups in total. The second-order valence-electron chi connectivity index (χ2n) is 7.75. The van der Waals surface area contributed by atoms with Gasteiger partial charge in [0.1, 0.15) is 5.75 Å². The molecule has 2 amide bonds. The average Bonchev–Trinajstić information content (AvgIpc) is 2.91. The Labute approximate surface area is 186 Å². The Morgan fingerprint density at radius 3 is 2.65 bits per heavy atom. The van der Waals surface area contributed by atoms with Gasteiger partial charge in [-0.25, -0.2) is 0 Å². The van der Waals surface area contributed by atoms with E-state index in [-0.39, 0.29) is 37.7 Å². The van der Waals surface area contributed by atoms with E-state index < -0.39 is 17.7 Å². The molecule has 3 rings (SSSR count). The van der Waals surface area contributed by atoms with Crippen molar-refractivity contribution >= 4 is 29.2 Å². The molecule has 0 spiro atoms. The fourth-order valence-corrected chi connectivity index (χ4v) is 4.11. The molecule has 7 heteroatoms. The van der Waals surface area contributed by atoms with Crippen LogP contribution in [0.3, 0.4) is 0 Å². The first-order valence-corrected chi connectivity index (χ1v) is 10.6. The van der Waals surface area contributed by atoms with Crippen LogP contribution >= 0.6 is 11.6 Å². The quantitative estimate of drug-likeness (QED) is 0.709. The summed E-state index contributed by atoms with van der Waals surface area (Å²) in [5.74, 6) is -1.34. The molecule has 1 aliphatic rings. The number of rotatable bonds is 7. The number of halogens is 1. The molecule has 0 saturated carbocycles. The zero-order chi connectivity index (χ0) is 22.4. The molecular weight excluding hydrogens is 418 g/mol. The number of hydrogen-bond donors (Lipinski definition) is 1. The van der Waals surface area contributed by atoms with Gasteiger partial charge in [-0.15, -0.1) is 0 Å². The smallest absolute Gasteiger partial charge is 0.233 e. The van der Waals surface area contributed by atoms with Crippen LogP contribution in [0.25, 0.3) is 0 Å². The molecule has 0 radical (unpaired) electrons. The first kappa shape index (κ1) is 23.0. The van der Waals surface area contributed by atoms with Gasteiger partial charge >= 0.3 is 0 Å². The molecular formula is C24H26ClNO5. The highest BCUT2D eigenvalue weighted by Crippen LogP contribution is 2.29. The summed E-state index contributed by atoms with van der Waals surface area (Å²) in [7, 11) is 1.54. The van der Waals surface area contributed by atoms with E-state index in [4.69, 9.17) is 16.3 Å². The molecule has 2 aromatic rings. The minimum Gasteiger partial charge on any atom is -0.496 e. The number of carbonyl (C=O) groups excluding carboxylic acids is 3. The number of methoxy groups -OCH3 is 1. The van der Waals surface area contributed by atoms with E-state index in [1.165, 1.54) is 0 Å². The van der Waals surface area contributed by atoms with Gasteiger partial charge in [0.25, 0.3) is 0 Å². The molecule has 6 nitrogen and oxygen atoms in total. The van der Waals surface area contributed by atoms with Gasteiger partial charge in [0.2, 0.25) is 11.8 Å². The van der Waals surface area contributed by atoms with E-state index in [0.29, 0.717) is 23.6 Å². The molecule has 0 bridgehead atoms. The third-order valence-electron chi connectivity index (χ3n) is 5.64. The molecule has 1 saturated heterocycles.